The first-order valence-corrected chi connectivity index (χ1v) is 8.36. The van der Waals surface area contributed by atoms with Crippen LogP contribution in [0.25, 0.3) is 11.1 Å². The molecule has 0 bridgehead atoms. The molecule has 0 spiro atoms. The van der Waals surface area contributed by atoms with Gasteiger partial charge in [-0.2, -0.15) is 0 Å². The number of benzene rings is 3. The van der Waals surface area contributed by atoms with Crippen molar-refractivity contribution in [3.8, 4) is 16.9 Å². The van der Waals surface area contributed by atoms with Crippen molar-refractivity contribution in [3.05, 3.63) is 83.9 Å². The van der Waals surface area contributed by atoms with Gasteiger partial charge in [0.15, 0.2) is 0 Å². The fraction of sp³-hybridized carbons (Fsp3) is 0.0909. The summed E-state index contributed by atoms with van der Waals surface area (Å²) in [5.41, 5.74) is 4.31. The van der Waals surface area contributed by atoms with Crippen molar-refractivity contribution >= 4 is 17.4 Å². The van der Waals surface area contributed by atoms with E-state index >= 15 is 0 Å². The zero-order valence-corrected chi connectivity index (χ0v) is 14.3. The number of carbonyl (C=O) groups excluding carboxylic acids is 2. The van der Waals surface area contributed by atoms with Crippen molar-refractivity contribution in [2.45, 2.75) is 6.54 Å². The van der Waals surface area contributed by atoms with Gasteiger partial charge < -0.3 is 9.64 Å². The highest BCUT2D eigenvalue weighted by Gasteiger charge is 2.35. The minimum Gasteiger partial charge on any atom is -0.497 e. The molecule has 0 aromatic heterocycles. The number of hydrogen-bond donors (Lipinski definition) is 0. The summed E-state index contributed by atoms with van der Waals surface area (Å²) in [6, 6.07) is 23.0. The van der Waals surface area contributed by atoms with E-state index < -0.39 is 11.7 Å². The Bertz CT molecular complexity index is 975. The summed E-state index contributed by atoms with van der Waals surface area (Å²) in [4.78, 5) is 25.9. The van der Waals surface area contributed by atoms with Gasteiger partial charge in [-0.1, -0.05) is 48.5 Å². The van der Waals surface area contributed by atoms with Crippen LogP contribution in [0.3, 0.4) is 0 Å². The summed E-state index contributed by atoms with van der Waals surface area (Å²) in [6.45, 7) is 0.379. The highest BCUT2D eigenvalue weighted by atomic mass is 16.5. The van der Waals surface area contributed by atoms with Gasteiger partial charge in [0, 0.05) is 0 Å². The van der Waals surface area contributed by atoms with Crippen LogP contribution in [0.2, 0.25) is 0 Å². The topological polar surface area (TPSA) is 46.6 Å². The average Bonchev–Trinajstić information content (AvgIpc) is 2.94. The molecule has 4 nitrogen and oxygen atoms in total. The van der Waals surface area contributed by atoms with Crippen LogP contribution in [-0.2, 0) is 11.3 Å². The average molecular weight is 343 g/mol. The molecule has 3 aromatic rings. The van der Waals surface area contributed by atoms with E-state index in [1.54, 1.807) is 24.1 Å². The monoisotopic (exact) mass is 343 g/mol. The van der Waals surface area contributed by atoms with Gasteiger partial charge in [-0.3, -0.25) is 9.59 Å². The standard InChI is InChI=1S/C22H17NO3/c1-26-18-12-10-17(11-13-18)16-8-6-15(7-9-16)14-23-20-5-3-2-4-19(20)21(24)22(23)25/h2-13H,14H2,1H3. The quantitative estimate of drug-likeness (QED) is 0.670. The van der Waals surface area contributed by atoms with Crippen LogP contribution in [0.1, 0.15) is 15.9 Å². The zero-order valence-electron chi connectivity index (χ0n) is 14.3. The number of ketones is 1. The largest absolute Gasteiger partial charge is 0.497 e. The molecule has 128 valence electrons. The molecule has 1 heterocycles. The third-order valence-corrected chi connectivity index (χ3v) is 4.60. The molecule has 0 aliphatic carbocycles. The Morgan fingerprint density at radius 2 is 1.42 bits per heavy atom. The molecule has 0 saturated heterocycles. The fourth-order valence-electron chi connectivity index (χ4n) is 3.17. The third kappa shape index (κ3) is 2.75. The van der Waals surface area contributed by atoms with Gasteiger partial charge in [0.05, 0.1) is 24.9 Å². The molecule has 0 radical (unpaired) electrons. The van der Waals surface area contributed by atoms with Crippen molar-refractivity contribution in [2.75, 3.05) is 12.0 Å². The summed E-state index contributed by atoms with van der Waals surface area (Å²) in [6.07, 6.45) is 0. The first-order chi connectivity index (χ1) is 12.7. The van der Waals surface area contributed by atoms with Crippen LogP contribution in [-0.4, -0.2) is 18.8 Å². The van der Waals surface area contributed by atoms with Crippen LogP contribution in [0.5, 0.6) is 5.75 Å². The molecular formula is C22H17NO3. The van der Waals surface area contributed by atoms with Crippen molar-refractivity contribution in [2.24, 2.45) is 0 Å². The van der Waals surface area contributed by atoms with Crippen molar-refractivity contribution in [1.29, 1.82) is 0 Å². The molecule has 0 N–H and O–H groups in total. The molecule has 26 heavy (non-hydrogen) atoms. The van der Waals surface area contributed by atoms with Gasteiger partial charge >= 0.3 is 0 Å². The van der Waals surface area contributed by atoms with E-state index in [0.29, 0.717) is 17.8 Å². The molecule has 1 aliphatic heterocycles. The highest BCUT2D eigenvalue weighted by molar-refractivity contribution is 6.52. The van der Waals surface area contributed by atoms with Crippen molar-refractivity contribution in [3.63, 3.8) is 0 Å². The van der Waals surface area contributed by atoms with Crippen LogP contribution < -0.4 is 9.64 Å². The molecule has 0 unspecified atom stereocenters. The predicted octanol–water partition coefficient (Wildman–Crippen LogP) is 4.09. The number of amides is 1. The first kappa shape index (κ1) is 16.1. The van der Waals surface area contributed by atoms with Gasteiger partial charge in [0.1, 0.15) is 5.75 Å². The van der Waals surface area contributed by atoms with Crippen LogP contribution in [0, 0.1) is 0 Å². The Balaban J connectivity index is 1.56. The Kier molecular flexibility index (Phi) is 4.01. The third-order valence-electron chi connectivity index (χ3n) is 4.60. The summed E-state index contributed by atoms with van der Waals surface area (Å²) in [5, 5.41) is 0. The minimum atomic E-state index is -0.467. The van der Waals surface area contributed by atoms with Crippen LogP contribution >= 0.6 is 0 Å². The van der Waals surface area contributed by atoms with Crippen molar-refractivity contribution < 1.29 is 14.3 Å². The first-order valence-electron chi connectivity index (χ1n) is 8.36. The maximum atomic E-state index is 12.3. The summed E-state index contributed by atoms with van der Waals surface area (Å²) in [5.74, 6) is -0.0814. The number of carbonyl (C=O) groups is 2. The molecule has 4 rings (SSSR count). The lowest BCUT2D eigenvalue weighted by Gasteiger charge is -2.16. The second-order valence-corrected chi connectivity index (χ2v) is 6.16. The van der Waals surface area contributed by atoms with E-state index in [4.69, 9.17) is 4.74 Å². The number of anilines is 1. The van der Waals surface area contributed by atoms with Crippen molar-refractivity contribution in [1.82, 2.24) is 0 Å². The minimum absolute atomic E-state index is 0.379. The Morgan fingerprint density at radius 1 is 0.808 bits per heavy atom. The number of fused-ring (bicyclic) bond motifs is 1. The van der Waals surface area contributed by atoms with Crippen LogP contribution in [0.15, 0.2) is 72.8 Å². The van der Waals surface area contributed by atoms with Gasteiger partial charge in [-0.05, 0) is 41.0 Å². The molecule has 0 saturated carbocycles. The van der Waals surface area contributed by atoms with E-state index in [-0.39, 0.29) is 0 Å². The zero-order chi connectivity index (χ0) is 18.1. The predicted molar refractivity (Wildman–Crippen MR) is 100 cm³/mol. The van der Waals surface area contributed by atoms with E-state index in [1.807, 2.05) is 60.7 Å². The highest BCUT2D eigenvalue weighted by Crippen LogP contribution is 2.30. The lowest BCUT2D eigenvalue weighted by Crippen LogP contribution is -2.29. The number of para-hydroxylation sites is 1. The summed E-state index contributed by atoms with van der Waals surface area (Å²) in [7, 11) is 1.65. The number of Topliss-reactive ketones (excluding diaryl/α,β-unsaturated/α-hetero) is 1. The second kappa shape index (κ2) is 6.48. The summed E-state index contributed by atoms with van der Waals surface area (Å²) >= 11 is 0. The maximum absolute atomic E-state index is 12.3. The molecule has 1 amide bonds. The summed E-state index contributed by atoms with van der Waals surface area (Å²) < 4.78 is 5.18. The second-order valence-electron chi connectivity index (χ2n) is 6.16. The number of rotatable bonds is 4. The van der Waals surface area contributed by atoms with E-state index in [0.717, 1.165) is 22.4 Å². The molecule has 1 aliphatic rings. The Hall–Kier alpha value is -3.40. The Morgan fingerprint density at radius 3 is 2.08 bits per heavy atom. The van der Waals surface area contributed by atoms with Gasteiger partial charge in [-0.15, -0.1) is 0 Å². The van der Waals surface area contributed by atoms with E-state index in [1.165, 1.54) is 0 Å². The van der Waals surface area contributed by atoms with Gasteiger partial charge in [0.25, 0.3) is 11.7 Å². The SMILES string of the molecule is COc1ccc(-c2ccc(CN3C(=O)C(=O)c4ccccc43)cc2)cc1. The maximum Gasteiger partial charge on any atom is 0.299 e. The number of hydrogen-bond acceptors (Lipinski definition) is 3. The normalized spacial score (nSPS) is 13.0. The molecule has 3 aromatic carbocycles. The lowest BCUT2D eigenvalue weighted by atomic mass is 10.0. The number of methoxy groups -OCH3 is 1. The number of nitrogens with zero attached hydrogens (tertiary/aromatic N) is 1. The Labute approximate surface area is 151 Å². The van der Waals surface area contributed by atoms with E-state index in [9.17, 15) is 9.59 Å². The fourth-order valence-corrected chi connectivity index (χ4v) is 3.17. The molecule has 4 heteroatoms. The molecule has 0 fully saturated rings. The lowest BCUT2D eigenvalue weighted by molar-refractivity contribution is -0.114. The smallest absolute Gasteiger partial charge is 0.299 e. The van der Waals surface area contributed by atoms with Crippen LogP contribution in [0.4, 0.5) is 5.69 Å². The molecule has 0 atom stereocenters. The number of ether oxygens (including phenoxy) is 1. The molecular weight excluding hydrogens is 326 g/mol. The van der Waals surface area contributed by atoms with E-state index in [2.05, 4.69) is 0 Å². The van der Waals surface area contributed by atoms with Gasteiger partial charge in [-0.25, -0.2) is 0 Å². The van der Waals surface area contributed by atoms with Gasteiger partial charge in [0.2, 0.25) is 0 Å².